The Labute approximate surface area is 198 Å². The van der Waals surface area contributed by atoms with Crippen LogP contribution in [0.3, 0.4) is 0 Å². The fourth-order valence-corrected chi connectivity index (χ4v) is 3.53. The Morgan fingerprint density at radius 2 is 1.38 bits per heavy atom. The second kappa shape index (κ2) is 10.5. The van der Waals surface area contributed by atoms with Crippen LogP contribution in [0.15, 0.2) is 46.8 Å². The number of alkyl halides is 2. The van der Waals surface area contributed by atoms with Gasteiger partial charge in [-0.3, -0.25) is 0 Å². The van der Waals surface area contributed by atoms with Gasteiger partial charge in [0.25, 0.3) is 0 Å². The summed E-state index contributed by atoms with van der Waals surface area (Å²) in [6, 6.07) is 5.65. The number of ether oxygens (including phenoxy) is 1. The largest absolute Gasteiger partial charge is 0.478 e. The molecule has 0 atom stereocenters. The van der Waals surface area contributed by atoms with Crippen molar-refractivity contribution in [3.8, 4) is 5.75 Å². The summed E-state index contributed by atoms with van der Waals surface area (Å²) in [6.45, 7) is 8.43. The number of nitrogens with one attached hydrogen (secondary N) is 3. The van der Waals surface area contributed by atoms with Gasteiger partial charge in [0.1, 0.15) is 5.75 Å². The van der Waals surface area contributed by atoms with Gasteiger partial charge in [0.15, 0.2) is 0 Å². The molecular formula is C24H33F2N3O5. The Morgan fingerprint density at radius 3 is 1.76 bits per heavy atom. The zero-order chi connectivity index (χ0) is 25.8. The summed E-state index contributed by atoms with van der Waals surface area (Å²) >= 11 is 0. The highest BCUT2D eigenvalue weighted by Gasteiger charge is 2.40. The van der Waals surface area contributed by atoms with Gasteiger partial charge in [-0.2, -0.15) is 8.78 Å². The highest BCUT2D eigenvalue weighted by Crippen LogP contribution is 2.42. The van der Waals surface area contributed by atoms with Gasteiger partial charge in [0.05, 0.1) is 17.1 Å². The number of carbonyl (C=O) groups is 2. The minimum Gasteiger partial charge on any atom is -0.478 e. The van der Waals surface area contributed by atoms with Crippen LogP contribution in [0.1, 0.15) is 53.0 Å². The number of hydrogen-bond donors (Lipinski definition) is 5. The van der Waals surface area contributed by atoms with Crippen molar-refractivity contribution in [3.05, 3.63) is 52.4 Å². The standard InChI is InChI=1S/C24H33F2N3O5/c1-23(2,3)27-11-14-18(20(30)31)17(13-9-7-8-10-16(13)34-22(25)26)19(21(32)33)15(29-14)12-28-24(4,5)6/h7-10,17,22,27-29H,11-12H2,1-6H3,(H,30,31)(H,32,33). The van der Waals surface area contributed by atoms with Gasteiger partial charge in [-0.1, -0.05) is 18.2 Å². The van der Waals surface area contributed by atoms with Crippen LogP contribution >= 0.6 is 0 Å². The lowest BCUT2D eigenvalue weighted by molar-refractivity contribution is -0.133. The van der Waals surface area contributed by atoms with E-state index in [1.165, 1.54) is 24.3 Å². The van der Waals surface area contributed by atoms with Crippen LogP contribution in [0.5, 0.6) is 5.75 Å². The SMILES string of the molecule is CC(C)(C)NCC1=C(C(=O)O)C(c2ccccc2OC(F)F)C(C(=O)O)=C(CNC(C)(C)C)N1. The van der Waals surface area contributed by atoms with E-state index in [0.717, 1.165) is 0 Å². The molecule has 0 radical (unpaired) electrons. The summed E-state index contributed by atoms with van der Waals surface area (Å²) in [5.74, 6) is -4.36. The lowest BCUT2D eigenvalue weighted by Gasteiger charge is -2.34. The lowest BCUT2D eigenvalue weighted by Crippen LogP contribution is -2.45. The lowest BCUT2D eigenvalue weighted by atomic mass is 9.79. The number of hydrogen-bond acceptors (Lipinski definition) is 6. The van der Waals surface area contributed by atoms with Crippen LogP contribution in [0, 0.1) is 0 Å². The van der Waals surface area contributed by atoms with Crippen LogP contribution in [0.4, 0.5) is 8.78 Å². The molecular weight excluding hydrogens is 448 g/mol. The van der Waals surface area contributed by atoms with Crippen molar-refractivity contribution in [2.45, 2.75) is 65.1 Å². The van der Waals surface area contributed by atoms with E-state index in [2.05, 4.69) is 20.7 Å². The van der Waals surface area contributed by atoms with Crippen molar-refractivity contribution in [3.63, 3.8) is 0 Å². The second-order valence-corrected chi connectivity index (χ2v) is 10.1. The zero-order valence-corrected chi connectivity index (χ0v) is 20.3. The average molecular weight is 482 g/mol. The van der Waals surface area contributed by atoms with Crippen LogP contribution in [0.2, 0.25) is 0 Å². The van der Waals surface area contributed by atoms with Crippen LogP contribution in [0.25, 0.3) is 0 Å². The fourth-order valence-electron chi connectivity index (χ4n) is 3.53. The quantitative estimate of drug-likeness (QED) is 0.364. The molecule has 0 saturated heterocycles. The third-order valence-electron chi connectivity index (χ3n) is 5.03. The van der Waals surface area contributed by atoms with Crippen molar-refractivity contribution >= 4 is 11.9 Å². The number of carboxylic acid groups (broad SMARTS) is 2. The first-order chi connectivity index (χ1) is 15.6. The van der Waals surface area contributed by atoms with E-state index >= 15 is 0 Å². The minimum atomic E-state index is -3.17. The molecule has 0 amide bonds. The first-order valence-electron chi connectivity index (χ1n) is 10.8. The van der Waals surface area contributed by atoms with Crippen molar-refractivity contribution in [2.75, 3.05) is 13.1 Å². The van der Waals surface area contributed by atoms with E-state index in [-0.39, 0.29) is 58.0 Å². The summed E-state index contributed by atoms with van der Waals surface area (Å²) in [6.07, 6.45) is 0. The fraction of sp³-hybridized carbons (Fsp3) is 0.500. The van der Waals surface area contributed by atoms with Crippen LogP contribution in [-0.2, 0) is 9.59 Å². The van der Waals surface area contributed by atoms with Crippen molar-refractivity contribution in [1.29, 1.82) is 0 Å². The van der Waals surface area contributed by atoms with Gasteiger partial charge in [-0.05, 0) is 47.6 Å². The average Bonchev–Trinajstić information content (AvgIpc) is 2.68. The summed E-state index contributed by atoms with van der Waals surface area (Å²) in [5, 5.41) is 29.7. The molecule has 1 aromatic carbocycles. The molecule has 5 N–H and O–H groups in total. The van der Waals surface area contributed by atoms with Crippen molar-refractivity contribution in [1.82, 2.24) is 16.0 Å². The number of halogens is 2. The van der Waals surface area contributed by atoms with Gasteiger partial charge in [-0.25, -0.2) is 9.59 Å². The minimum absolute atomic E-state index is 0.0283. The van der Waals surface area contributed by atoms with Gasteiger partial charge >= 0.3 is 18.6 Å². The molecule has 1 aromatic rings. The topological polar surface area (TPSA) is 120 Å². The van der Waals surface area contributed by atoms with Gasteiger partial charge in [0, 0.05) is 41.1 Å². The van der Waals surface area contributed by atoms with Crippen LogP contribution in [-0.4, -0.2) is 52.9 Å². The number of carboxylic acids is 2. The Balaban J connectivity index is 2.78. The predicted molar refractivity (Wildman–Crippen MR) is 124 cm³/mol. The normalized spacial score (nSPS) is 15.6. The van der Waals surface area contributed by atoms with E-state index < -0.39 is 24.5 Å². The van der Waals surface area contributed by atoms with E-state index in [9.17, 15) is 28.6 Å². The summed E-state index contributed by atoms with van der Waals surface area (Å²) in [4.78, 5) is 24.9. The third kappa shape index (κ3) is 7.26. The molecule has 0 spiro atoms. The van der Waals surface area contributed by atoms with Crippen molar-refractivity contribution < 1.29 is 33.3 Å². The van der Waals surface area contributed by atoms with Gasteiger partial charge < -0.3 is 30.9 Å². The first-order valence-corrected chi connectivity index (χ1v) is 10.8. The Kier molecular flexibility index (Phi) is 8.44. The van der Waals surface area contributed by atoms with Crippen molar-refractivity contribution in [2.24, 2.45) is 0 Å². The predicted octanol–water partition coefficient (Wildman–Crippen LogP) is 3.43. The molecule has 0 aliphatic carbocycles. The van der Waals surface area contributed by atoms with Gasteiger partial charge in [0.2, 0.25) is 0 Å². The van der Waals surface area contributed by atoms with Crippen LogP contribution < -0.4 is 20.7 Å². The number of dihydropyridines is 1. The monoisotopic (exact) mass is 481 g/mol. The highest BCUT2D eigenvalue weighted by atomic mass is 19.3. The molecule has 188 valence electrons. The number of aliphatic carboxylic acids is 2. The van der Waals surface area contributed by atoms with E-state index in [0.29, 0.717) is 0 Å². The molecule has 1 heterocycles. The highest BCUT2D eigenvalue weighted by molar-refractivity contribution is 5.99. The number of rotatable bonds is 9. The maximum Gasteiger partial charge on any atom is 0.387 e. The molecule has 8 nitrogen and oxygen atoms in total. The molecule has 34 heavy (non-hydrogen) atoms. The second-order valence-electron chi connectivity index (χ2n) is 10.1. The van der Waals surface area contributed by atoms with E-state index in [1.54, 1.807) is 0 Å². The Morgan fingerprint density at radius 1 is 0.941 bits per heavy atom. The molecule has 1 aliphatic heterocycles. The summed E-state index contributed by atoms with van der Waals surface area (Å²) in [5.41, 5.74) is -0.723. The van der Waals surface area contributed by atoms with E-state index in [1.807, 2.05) is 41.5 Å². The maximum absolute atomic E-state index is 13.1. The Bertz CT molecular complexity index is 939. The van der Waals surface area contributed by atoms with Gasteiger partial charge in [-0.15, -0.1) is 0 Å². The molecule has 0 saturated carbocycles. The number of para-hydroxylation sites is 1. The summed E-state index contributed by atoms with van der Waals surface area (Å²) in [7, 11) is 0. The molecule has 2 rings (SSSR count). The molecule has 10 heteroatoms. The Hall–Kier alpha value is -2.98. The third-order valence-corrected chi connectivity index (χ3v) is 5.03. The first kappa shape index (κ1) is 27.3. The molecule has 0 aromatic heterocycles. The molecule has 0 unspecified atom stereocenters. The smallest absolute Gasteiger partial charge is 0.387 e. The number of benzene rings is 1. The molecule has 0 fully saturated rings. The summed E-state index contributed by atoms with van der Waals surface area (Å²) < 4.78 is 30.9. The maximum atomic E-state index is 13.1. The zero-order valence-electron chi connectivity index (χ0n) is 20.3. The van der Waals surface area contributed by atoms with E-state index in [4.69, 9.17) is 0 Å². The molecule has 1 aliphatic rings. The molecule has 0 bridgehead atoms.